The Morgan fingerprint density at radius 2 is 2.03 bits per heavy atom. The van der Waals surface area contributed by atoms with Gasteiger partial charge in [0.25, 0.3) is 0 Å². The van der Waals surface area contributed by atoms with Crippen LogP contribution in [0, 0.1) is 5.92 Å². The molecule has 1 aliphatic rings. The lowest BCUT2D eigenvalue weighted by Crippen LogP contribution is -2.27. The van der Waals surface area contributed by atoms with Gasteiger partial charge in [0.15, 0.2) is 0 Å². The average Bonchev–Trinajstić information content (AvgIpc) is 3.23. The molecule has 12 heteroatoms. The van der Waals surface area contributed by atoms with Gasteiger partial charge in [-0.1, -0.05) is 33.0 Å². The van der Waals surface area contributed by atoms with E-state index in [1.54, 1.807) is 24.4 Å². The molecule has 0 saturated carbocycles. The van der Waals surface area contributed by atoms with Crippen molar-refractivity contribution in [3.63, 3.8) is 0 Å². The highest BCUT2D eigenvalue weighted by Crippen LogP contribution is 2.34. The fourth-order valence-electron chi connectivity index (χ4n) is 4.01. The number of hydrogen-bond acceptors (Lipinski definition) is 6. The molecule has 1 aromatic heterocycles. The first-order chi connectivity index (χ1) is 17.5. The highest BCUT2D eigenvalue weighted by Gasteiger charge is 2.25. The van der Waals surface area contributed by atoms with Gasteiger partial charge in [0.05, 0.1) is 24.5 Å². The van der Waals surface area contributed by atoms with Gasteiger partial charge in [-0.25, -0.2) is 14.6 Å². The Balaban J connectivity index is 2.07. The first kappa shape index (κ1) is 28.2. The number of nitrogens with zero attached hydrogens (tertiary/aromatic N) is 2. The maximum atomic E-state index is 13.0. The molecule has 0 radical (unpaired) electrons. The van der Waals surface area contributed by atoms with Crippen LogP contribution < -0.4 is 16.0 Å². The summed E-state index contributed by atoms with van der Waals surface area (Å²) >= 11 is 0. The molecule has 3 rings (SSSR count). The monoisotopic (exact) mass is 531 g/mol. The summed E-state index contributed by atoms with van der Waals surface area (Å²) in [6, 6.07) is 5.56. The van der Waals surface area contributed by atoms with Crippen molar-refractivity contribution in [2.45, 2.75) is 64.6 Å². The van der Waals surface area contributed by atoms with Crippen LogP contribution in [0.1, 0.15) is 37.9 Å². The summed E-state index contributed by atoms with van der Waals surface area (Å²) in [4.78, 5) is 41.1. The zero-order chi connectivity index (χ0) is 27.2. The second kappa shape index (κ2) is 12.2. The molecule has 0 unspecified atom stereocenters. The van der Waals surface area contributed by atoms with Crippen molar-refractivity contribution in [3.8, 4) is 11.4 Å². The molecule has 0 saturated heterocycles. The number of nitrogens with one attached hydrogen (secondary N) is 3. The third-order valence-electron chi connectivity index (χ3n) is 6.20. The number of carbonyl (C=O) groups excluding carboxylic acids is 2. The van der Waals surface area contributed by atoms with Crippen molar-refractivity contribution in [1.82, 2.24) is 14.9 Å². The number of hydrogen-bond donors (Lipinski definition) is 4. The van der Waals surface area contributed by atoms with Gasteiger partial charge in [0.1, 0.15) is 12.6 Å². The minimum absolute atomic E-state index is 0.176. The van der Waals surface area contributed by atoms with Gasteiger partial charge in [-0.05, 0) is 37.1 Å². The van der Waals surface area contributed by atoms with Crippen LogP contribution in [-0.2, 0) is 21.0 Å². The van der Waals surface area contributed by atoms with Crippen LogP contribution in [0.4, 0.5) is 21.0 Å². The maximum Gasteiger partial charge on any atom is 0.411 e. The average molecular weight is 532 g/mol. The van der Waals surface area contributed by atoms with Gasteiger partial charge >= 0.3 is 12.2 Å². The second-order valence-electron chi connectivity index (χ2n) is 10.5. The molecular formula is C25H37N5O6Si. The molecule has 1 aliphatic heterocycles. The molecule has 2 bridgehead atoms. The van der Waals surface area contributed by atoms with Gasteiger partial charge in [0.2, 0.25) is 5.91 Å². The van der Waals surface area contributed by atoms with Crippen LogP contribution in [0.15, 0.2) is 24.4 Å². The number of carboxylic acid groups (broad SMARTS) is 1. The van der Waals surface area contributed by atoms with Gasteiger partial charge < -0.3 is 29.8 Å². The molecule has 37 heavy (non-hydrogen) atoms. The molecule has 2 atom stereocenters. The lowest BCUT2D eigenvalue weighted by molar-refractivity contribution is -0.119. The third-order valence-corrected chi connectivity index (χ3v) is 7.91. The van der Waals surface area contributed by atoms with Crippen molar-refractivity contribution in [2.24, 2.45) is 5.92 Å². The number of rotatable bonds is 7. The van der Waals surface area contributed by atoms with Gasteiger partial charge in [-0.3, -0.25) is 10.1 Å². The molecule has 11 nitrogen and oxygen atoms in total. The highest BCUT2D eigenvalue weighted by atomic mass is 28.3. The zero-order valence-corrected chi connectivity index (χ0v) is 23.1. The van der Waals surface area contributed by atoms with Crippen molar-refractivity contribution in [1.29, 1.82) is 0 Å². The molecule has 0 aliphatic carbocycles. The third kappa shape index (κ3) is 8.05. The zero-order valence-electron chi connectivity index (χ0n) is 22.1. The summed E-state index contributed by atoms with van der Waals surface area (Å²) in [5.41, 5.74) is 2.11. The van der Waals surface area contributed by atoms with Gasteiger partial charge in [0, 0.05) is 38.0 Å². The number of imidazole rings is 1. The van der Waals surface area contributed by atoms with Crippen molar-refractivity contribution < 1.29 is 29.0 Å². The Bertz CT molecular complexity index is 1130. The van der Waals surface area contributed by atoms with E-state index in [1.165, 1.54) is 7.11 Å². The first-order valence-electron chi connectivity index (χ1n) is 12.4. The van der Waals surface area contributed by atoms with E-state index in [-0.39, 0.29) is 18.6 Å². The number of fused-ring (bicyclic) bond motifs is 4. The fourth-order valence-corrected chi connectivity index (χ4v) is 4.76. The number of amides is 3. The minimum atomic E-state index is -1.28. The van der Waals surface area contributed by atoms with E-state index in [1.807, 2.05) is 11.5 Å². The van der Waals surface area contributed by atoms with E-state index < -0.39 is 26.3 Å². The summed E-state index contributed by atoms with van der Waals surface area (Å²) in [6.45, 7) is 9.49. The van der Waals surface area contributed by atoms with Crippen molar-refractivity contribution in [2.75, 3.05) is 24.4 Å². The van der Waals surface area contributed by atoms with Crippen LogP contribution in [0.3, 0.4) is 0 Å². The second-order valence-corrected chi connectivity index (χ2v) is 16.1. The fraction of sp³-hybridized carbons (Fsp3) is 0.520. The Hall–Kier alpha value is -3.38. The maximum absolute atomic E-state index is 13.0. The van der Waals surface area contributed by atoms with E-state index in [4.69, 9.17) is 9.72 Å². The molecule has 1 aromatic carbocycles. The number of ether oxygens (including phenoxy) is 2. The van der Waals surface area contributed by atoms with Crippen LogP contribution in [-0.4, -0.2) is 54.5 Å². The lowest BCUT2D eigenvalue weighted by atomic mass is 9.99. The summed E-state index contributed by atoms with van der Waals surface area (Å²) in [7, 11) is -0.00972. The quantitative estimate of drug-likeness (QED) is 0.287. The molecular weight excluding hydrogens is 494 g/mol. The molecule has 202 valence electrons. The van der Waals surface area contributed by atoms with Crippen molar-refractivity contribution >= 4 is 37.5 Å². The van der Waals surface area contributed by atoms with E-state index in [9.17, 15) is 19.5 Å². The molecule has 0 fully saturated rings. The number of benzene rings is 1. The topological polar surface area (TPSA) is 144 Å². The van der Waals surface area contributed by atoms with Crippen LogP contribution >= 0.6 is 0 Å². The first-order valence-corrected chi connectivity index (χ1v) is 16.1. The predicted molar refractivity (Wildman–Crippen MR) is 143 cm³/mol. The largest absolute Gasteiger partial charge is 0.465 e. The minimum Gasteiger partial charge on any atom is -0.465 e. The summed E-state index contributed by atoms with van der Waals surface area (Å²) in [5, 5.41) is 17.6. The number of aromatic nitrogens is 2. The van der Waals surface area contributed by atoms with Gasteiger partial charge in [-0.2, -0.15) is 0 Å². The Labute approximate surface area is 217 Å². The van der Waals surface area contributed by atoms with E-state index in [0.29, 0.717) is 54.3 Å². The Morgan fingerprint density at radius 3 is 2.70 bits per heavy atom. The highest BCUT2D eigenvalue weighted by molar-refractivity contribution is 6.76. The number of carbonyl (C=O) groups is 3. The van der Waals surface area contributed by atoms with Crippen LogP contribution in [0.2, 0.25) is 25.7 Å². The van der Waals surface area contributed by atoms with Crippen molar-refractivity contribution in [3.05, 3.63) is 30.1 Å². The van der Waals surface area contributed by atoms with Crippen LogP contribution in [0.25, 0.3) is 11.4 Å². The van der Waals surface area contributed by atoms with E-state index in [0.717, 1.165) is 6.04 Å². The van der Waals surface area contributed by atoms with Crippen LogP contribution in [0.5, 0.6) is 0 Å². The molecule has 0 spiro atoms. The summed E-state index contributed by atoms with van der Waals surface area (Å²) in [5.74, 6) is 0.0439. The molecule has 2 heterocycles. The predicted octanol–water partition coefficient (Wildman–Crippen LogP) is 5.11. The van der Waals surface area contributed by atoms with E-state index in [2.05, 4.69) is 40.3 Å². The number of methoxy groups -OCH3 is 1. The standard InChI is InChI=1S/C25H37N5O6Si/c1-16-7-6-8-19(29-24(32)33)21-14-30(15-36-11-12-37(3,4)5)22(27-21)18-10-9-17(26-25(34)35-2)13-20(18)28-23(16)31/h9-10,13-14,16,19,29H,6-8,11-12,15H2,1-5H3,(H,26,34)(H,28,31)(H,32,33)/t16-,19+/m1/s1. The Kier molecular flexibility index (Phi) is 9.32. The number of anilines is 2. The SMILES string of the molecule is COC(=O)Nc1ccc2c(c1)NC(=O)[C@H](C)CCC[C@H](NC(=O)O)c1cn(COCC[Si](C)(C)C)c-2n1. The molecule has 4 N–H and O–H groups in total. The smallest absolute Gasteiger partial charge is 0.411 e. The lowest BCUT2D eigenvalue weighted by Gasteiger charge is -2.19. The normalized spacial score (nSPS) is 18.0. The van der Waals surface area contributed by atoms with Gasteiger partial charge in [-0.15, -0.1) is 0 Å². The van der Waals surface area contributed by atoms with E-state index >= 15 is 0 Å². The molecule has 2 aromatic rings. The summed E-state index contributed by atoms with van der Waals surface area (Å²) in [6.07, 6.45) is 1.75. The summed E-state index contributed by atoms with van der Waals surface area (Å²) < 4.78 is 12.5. The Morgan fingerprint density at radius 1 is 1.27 bits per heavy atom. The molecule has 3 amide bonds.